The van der Waals surface area contributed by atoms with Gasteiger partial charge in [0.2, 0.25) is 10.0 Å². The molecule has 0 spiro atoms. The minimum atomic E-state index is -3.35. The third-order valence-electron chi connectivity index (χ3n) is 2.90. The van der Waals surface area contributed by atoms with Crippen molar-refractivity contribution < 1.29 is 25.5 Å². The standard InChI is InChI=1S/C11H15NO2S3.Cu/c13-17(14,12-6-2-1-3-7-12)9-4-5-10(15)11(16)8-9;/h4-5,8,15-16H,1-3,6-7H2;/q;+1. The molecule has 1 fully saturated rings. The van der Waals surface area contributed by atoms with Crippen LogP contribution in [0.5, 0.6) is 0 Å². The Labute approximate surface area is 130 Å². The Hall–Kier alpha value is 0.349. The van der Waals surface area contributed by atoms with Crippen molar-refractivity contribution in [1.82, 2.24) is 4.31 Å². The minimum absolute atomic E-state index is 0. The van der Waals surface area contributed by atoms with E-state index in [0.29, 0.717) is 27.8 Å². The van der Waals surface area contributed by atoms with Gasteiger partial charge in [0.25, 0.3) is 0 Å². The molecule has 1 aromatic rings. The average Bonchev–Trinajstić information content (AvgIpc) is 2.33. The Kier molecular flexibility index (Phi) is 6.09. The van der Waals surface area contributed by atoms with Gasteiger partial charge in [-0.05, 0) is 31.0 Å². The fraction of sp³-hybridized carbons (Fsp3) is 0.455. The summed E-state index contributed by atoms with van der Waals surface area (Å²) in [5.41, 5.74) is 0. The van der Waals surface area contributed by atoms with Gasteiger partial charge in [0.05, 0.1) is 4.90 Å². The van der Waals surface area contributed by atoms with Crippen LogP contribution in [-0.2, 0) is 27.1 Å². The van der Waals surface area contributed by atoms with Crippen LogP contribution in [0.4, 0.5) is 0 Å². The molecule has 0 aliphatic carbocycles. The van der Waals surface area contributed by atoms with E-state index >= 15 is 0 Å². The summed E-state index contributed by atoms with van der Waals surface area (Å²) in [6.45, 7) is 1.24. The van der Waals surface area contributed by atoms with Crippen molar-refractivity contribution in [2.24, 2.45) is 0 Å². The monoisotopic (exact) mass is 352 g/mol. The summed E-state index contributed by atoms with van der Waals surface area (Å²) in [5, 5.41) is 0. The molecule has 104 valence electrons. The Bertz CT molecular complexity index is 513. The summed E-state index contributed by atoms with van der Waals surface area (Å²) in [4.78, 5) is 1.58. The minimum Gasteiger partial charge on any atom is -0.207 e. The van der Waals surface area contributed by atoms with E-state index in [1.165, 1.54) is 0 Å². The van der Waals surface area contributed by atoms with Crippen molar-refractivity contribution in [3.05, 3.63) is 18.2 Å². The second kappa shape index (κ2) is 6.68. The zero-order chi connectivity index (χ0) is 12.5. The molecule has 0 bridgehead atoms. The molecule has 1 aromatic carbocycles. The van der Waals surface area contributed by atoms with Crippen molar-refractivity contribution in [3.8, 4) is 0 Å². The van der Waals surface area contributed by atoms with Crippen molar-refractivity contribution >= 4 is 35.3 Å². The summed E-state index contributed by atoms with van der Waals surface area (Å²) >= 11 is 8.39. The van der Waals surface area contributed by atoms with Gasteiger partial charge in [0, 0.05) is 22.9 Å². The molecule has 1 saturated heterocycles. The van der Waals surface area contributed by atoms with Crippen molar-refractivity contribution in [2.75, 3.05) is 13.1 Å². The third-order valence-corrected chi connectivity index (χ3v) is 5.73. The van der Waals surface area contributed by atoms with Gasteiger partial charge >= 0.3 is 17.1 Å². The summed E-state index contributed by atoms with van der Waals surface area (Å²) in [7, 11) is -3.35. The van der Waals surface area contributed by atoms with Crippen LogP contribution < -0.4 is 0 Å². The van der Waals surface area contributed by atoms with E-state index in [1.54, 1.807) is 22.5 Å². The number of hydrogen-bond acceptors (Lipinski definition) is 4. The molecule has 0 atom stereocenters. The smallest absolute Gasteiger partial charge is 0.207 e. The first-order valence-corrected chi connectivity index (χ1v) is 7.87. The molecule has 0 radical (unpaired) electrons. The quantitative estimate of drug-likeness (QED) is 0.633. The first-order valence-electron chi connectivity index (χ1n) is 5.54. The van der Waals surface area contributed by atoms with Gasteiger partial charge in [0.15, 0.2) is 0 Å². The summed E-state index contributed by atoms with van der Waals surface area (Å²) < 4.78 is 26.2. The second-order valence-electron chi connectivity index (χ2n) is 4.12. The van der Waals surface area contributed by atoms with E-state index in [9.17, 15) is 8.42 Å². The zero-order valence-electron chi connectivity index (χ0n) is 9.64. The van der Waals surface area contributed by atoms with Crippen LogP contribution in [0.1, 0.15) is 19.3 Å². The molecular weight excluding hydrogens is 338 g/mol. The number of piperidine rings is 1. The van der Waals surface area contributed by atoms with Crippen LogP contribution in [0.2, 0.25) is 0 Å². The number of hydrogen-bond donors (Lipinski definition) is 2. The maximum absolute atomic E-state index is 12.3. The van der Waals surface area contributed by atoms with Crippen LogP contribution in [-0.4, -0.2) is 25.8 Å². The second-order valence-corrected chi connectivity index (χ2v) is 7.02. The summed E-state index contributed by atoms with van der Waals surface area (Å²) in [5.74, 6) is 0. The summed E-state index contributed by atoms with van der Waals surface area (Å²) in [6, 6.07) is 4.82. The topological polar surface area (TPSA) is 37.4 Å². The predicted octanol–water partition coefficient (Wildman–Crippen LogP) is 2.44. The normalized spacial score (nSPS) is 17.2. The van der Waals surface area contributed by atoms with Gasteiger partial charge in [-0.1, -0.05) is 6.42 Å². The average molecular weight is 353 g/mol. The first-order chi connectivity index (χ1) is 8.01. The van der Waals surface area contributed by atoms with Crippen LogP contribution in [0.3, 0.4) is 0 Å². The van der Waals surface area contributed by atoms with Crippen LogP contribution in [0.15, 0.2) is 32.9 Å². The molecule has 3 nitrogen and oxygen atoms in total. The number of nitrogens with zero attached hydrogens (tertiary/aromatic N) is 1. The van der Waals surface area contributed by atoms with Gasteiger partial charge in [0.1, 0.15) is 0 Å². The molecule has 0 amide bonds. The van der Waals surface area contributed by atoms with Crippen LogP contribution in [0.25, 0.3) is 0 Å². The molecule has 0 N–H and O–H groups in total. The predicted molar refractivity (Wildman–Crippen MR) is 73.6 cm³/mol. The number of rotatable bonds is 2. The van der Waals surface area contributed by atoms with Gasteiger partial charge in [-0.25, -0.2) is 8.42 Å². The van der Waals surface area contributed by atoms with E-state index in [-0.39, 0.29) is 17.1 Å². The van der Waals surface area contributed by atoms with E-state index in [2.05, 4.69) is 25.3 Å². The molecule has 7 heteroatoms. The van der Waals surface area contributed by atoms with Gasteiger partial charge in [-0.2, -0.15) is 4.31 Å². The molecule has 1 aliphatic heterocycles. The Morgan fingerprint density at radius 2 is 1.61 bits per heavy atom. The molecule has 0 saturated carbocycles. The summed E-state index contributed by atoms with van der Waals surface area (Å²) in [6.07, 6.45) is 2.99. The van der Waals surface area contributed by atoms with Crippen LogP contribution >= 0.6 is 25.3 Å². The SMILES string of the molecule is O=S(=O)(c1ccc(S)c(S)c1)N1CCCCC1.[Cu+]. The van der Waals surface area contributed by atoms with Crippen LogP contribution in [0, 0.1) is 0 Å². The molecule has 2 rings (SSSR count). The molecule has 1 aliphatic rings. The molecule has 0 unspecified atom stereocenters. The Morgan fingerprint density at radius 3 is 2.17 bits per heavy atom. The number of thiol groups is 2. The maximum atomic E-state index is 12.3. The zero-order valence-corrected chi connectivity index (χ0v) is 13.2. The Balaban J connectivity index is 0.00000162. The van der Waals surface area contributed by atoms with E-state index in [0.717, 1.165) is 19.3 Å². The number of sulfonamides is 1. The maximum Gasteiger partial charge on any atom is 1.00 e. The fourth-order valence-electron chi connectivity index (χ4n) is 1.92. The molecule has 18 heavy (non-hydrogen) atoms. The van der Waals surface area contributed by atoms with Gasteiger partial charge in [-0.3, -0.25) is 0 Å². The fourth-order valence-corrected chi connectivity index (χ4v) is 3.90. The number of benzene rings is 1. The van der Waals surface area contributed by atoms with E-state index in [1.807, 2.05) is 0 Å². The molecule has 1 heterocycles. The van der Waals surface area contributed by atoms with Gasteiger partial charge < -0.3 is 0 Å². The third kappa shape index (κ3) is 3.46. The largest absolute Gasteiger partial charge is 1.00 e. The Morgan fingerprint density at radius 1 is 1.00 bits per heavy atom. The van der Waals surface area contributed by atoms with Crippen molar-refractivity contribution in [1.29, 1.82) is 0 Å². The molecule has 0 aromatic heterocycles. The van der Waals surface area contributed by atoms with Crippen molar-refractivity contribution in [3.63, 3.8) is 0 Å². The van der Waals surface area contributed by atoms with E-state index in [4.69, 9.17) is 0 Å². The van der Waals surface area contributed by atoms with Gasteiger partial charge in [-0.15, -0.1) is 25.3 Å². The van der Waals surface area contributed by atoms with E-state index < -0.39 is 10.0 Å². The first kappa shape index (κ1) is 16.4. The molecular formula is C11H15CuNO2S3+. The van der Waals surface area contributed by atoms with Crippen molar-refractivity contribution in [2.45, 2.75) is 33.9 Å².